The van der Waals surface area contributed by atoms with Crippen LogP contribution in [-0.2, 0) is 25.7 Å². The summed E-state index contributed by atoms with van der Waals surface area (Å²) in [6.07, 6.45) is 1.18. The van der Waals surface area contributed by atoms with E-state index in [9.17, 15) is 15.0 Å². The number of carbonyl (C=O) groups is 1. The summed E-state index contributed by atoms with van der Waals surface area (Å²) < 4.78 is 11.7. The Labute approximate surface area is 158 Å². The van der Waals surface area contributed by atoms with E-state index in [4.69, 9.17) is 20.0 Å². The van der Waals surface area contributed by atoms with Gasteiger partial charge in [-0.25, -0.2) is 4.79 Å². The zero-order valence-corrected chi connectivity index (χ0v) is 15.8. The van der Waals surface area contributed by atoms with Gasteiger partial charge in [0, 0.05) is 5.92 Å². The number of carboxylic acid groups (broad SMARTS) is 1. The molecule has 9 heteroatoms. The molecule has 2 aliphatic rings. The molecule has 4 N–H and O–H groups in total. The van der Waals surface area contributed by atoms with E-state index in [1.807, 2.05) is 30.3 Å². The second-order valence-corrected chi connectivity index (χ2v) is 7.25. The molecule has 1 aliphatic carbocycles. The van der Waals surface area contributed by atoms with Gasteiger partial charge in [0.2, 0.25) is 17.4 Å². The minimum Gasteiger partial charge on any atom is -0.479 e. The quantitative estimate of drug-likeness (QED) is 0.567. The molecule has 1 aliphatic heterocycles. The summed E-state index contributed by atoms with van der Waals surface area (Å²) in [7, 11) is 4.46. The molecule has 0 radical (unpaired) electrons. The Morgan fingerprint density at radius 1 is 1.37 bits per heavy atom. The number of likely N-dealkylation sites (N-methyl/N-ethyl adjacent to an activating group) is 1. The number of ether oxygens (including phenoxy) is 2. The van der Waals surface area contributed by atoms with Gasteiger partial charge in [-0.05, 0) is 32.5 Å². The highest BCUT2D eigenvalue weighted by Gasteiger charge is 2.74. The van der Waals surface area contributed by atoms with Gasteiger partial charge in [0.05, 0.1) is 20.3 Å². The molecule has 0 aromatic heterocycles. The fourth-order valence-corrected chi connectivity index (χ4v) is 3.68. The van der Waals surface area contributed by atoms with Gasteiger partial charge >= 0.3 is 5.97 Å². The van der Waals surface area contributed by atoms with E-state index in [0.29, 0.717) is 12.8 Å². The van der Waals surface area contributed by atoms with E-state index < -0.39 is 29.2 Å². The number of benzene rings is 1. The van der Waals surface area contributed by atoms with Gasteiger partial charge in [-0.3, -0.25) is 15.5 Å². The monoisotopic (exact) mass is 381 g/mol. The number of aliphatic hydroxyl groups is 1. The van der Waals surface area contributed by atoms with Crippen molar-refractivity contribution < 1.29 is 29.3 Å². The second kappa shape index (κ2) is 7.10. The summed E-state index contributed by atoms with van der Waals surface area (Å²) in [5.41, 5.74) is 5.14. The van der Waals surface area contributed by atoms with E-state index in [1.165, 1.54) is 12.0 Å². The third-order valence-electron chi connectivity index (χ3n) is 5.18. The summed E-state index contributed by atoms with van der Waals surface area (Å²) in [6.45, 7) is -0.0670. The molecule has 9 nitrogen and oxygen atoms in total. The molecular weight excluding hydrogens is 354 g/mol. The van der Waals surface area contributed by atoms with Crippen LogP contribution in [0.5, 0.6) is 0 Å². The predicted octanol–water partition coefficient (Wildman–Crippen LogP) is 0.150. The van der Waals surface area contributed by atoms with Gasteiger partial charge in [0.1, 0.15) is 0 Å². The predicted molar refractivity (Wildman–Crippen MR) is 94.7 cm³/mol. The lowest BCUT2D eigenvalue weighted by atomic mass is 9.87. The first kappa shape index (κ1) is 20.2. The van der Waals surface area contributed by atoms with Crippen molar-refractivity contribution in [2.24, 2.45) is 11.7 Å². The molecule has 1 aromatic carbocycles. The summed E-state index contributed by atoms with van der Waals surface area (Å²) in [4.78, 5) is 19.1. The number of rotatable bonds is 7. The lowest BCUT2D eigenvalue weighted by Gasteiger charge is -2.58. The van der Waals surface area contributed by atoms with Crippen LogP contribution in [0.4, 0.5) is 0 Å². The van der Waals surface area contributed by atoms with Crippen LogP contribution in [0.1, 0.15) is 18.4 Å². The van der Waals surface area contributed by atoms with Gasteiger partial charge < -0.3 is 19.7 Å². The maximum atomic E-state index is 12.4. The minimum atomic E-state index is -2.06. The normalized spacial score (nSPS) is 34.7. The Morgan fingerprint density at radius 3 is 2.48 bits per heavy atom. The Balaban J connectivity index is 1.96. The van der Waals surface area contributed by atoms with Crippen LogP contribution in [0.15, 0.2) is 30.3 Å². The van der Waals surface area contributed by atoms with Crippen molar-refractivity contribution in [3.63, 3.8) is 0 Å². The third-order valence-corrected chi connectivity index (χ3v) is 5.18. The molecule has 150 valence electrons. The molecular formula is C18H27N3O6. The largest absolute Gasteiger partial charge is 0.479 e. The number of nitrogens with zero attached hydrogens (tertiary/aromatic N) is 2. The molecule has 3 rings (SSSR count). The van der Waals surface area contributed by atoms with Crippen molar-refractivity contribution in [2.75, 3.05) is 27.7 Å². The van der Waals surface area contributed by atoms with Crippen molar-refractivity contribution in [3.05, 3.63) is 35.9 Å². The summed E-state index contributed by atoms with van der Waals surface area (Å²) in [5, 5.41) is 22.7. The van der Waals surface area contributed by atoms with Gasteiger partial charge in [-0.15, -0.1) is 5.06 Å². The van der Waals surface area contributed by atoms with E-state index in [-0.39, 0.29) is 13.2 Å². The zero-order chi connectivity index (χ0) is 19.9. The Morgan fingerprint density at radius 2 is 2.00 bits per heavy atom. The van der Waals surface area contributed by atoms with Crippen molar-refractivity contribution in [3.8, 4) is 0 Å². The van der Waals surface area contributed by atoms with Crippen LogP contribution < -0.4 is 5.73 Å². The fraction of sp³-hybridized carbons (Fsp3) is 0.611. The SMILES string of the molecule is CON1CC(N)(OCc2ccccc2)OC(C(=O)O)(C2CC2)C1(O)N(C)C. The Kier molecular flexibility index (Phi) is 5.30. The lowest BCUT2D eigenvalue weighted by Crippen LogP contribution is -2.83. The Hall–Kier alpha value is -1.59. The summed E-state index contributed by atoms with van der Waals surface area (Å²) in [6, 6.07) is 9.33. The van der Waals surface area contributed by atoms with Gasteiger partial charge in [-0.1, -0.05) is 30.3 Å². The molecule has 2 fully saturated rings. The molecule has 1 saturated carbocycles. The van der Waals surface area contributed by atoms with E-state index in [2.05, 4.69) is 0 Å². The van der Waals surface area contributed by atoms with Crippen molar-refractivity contribution in [1.29, 1.82) is 0 Å². The minimum absolute atomic E-state index is 0.121. The number of aliphatic carboxylic acids is 1. The number of nitrogens with two attached hydrogens (primary N) is 1. The van der Waals surface area contributed by atoms with Crippen molar-refractivity contribution in [1.82, 2.24) is 9.96 Å². The first-order valence-electron chi connectivity index (χ1n) is 8.81. The number of morpholine rings is 1. The molecule has 0 bridgehead atoms. The average Bonchev–Trinajstić information content (AvgIpc) is 3.48. The first-order chi connectivity index (χ1) is 12.7. The van der Waals surface area contributed by atoms with Gasteiger partial charge in [0.15, 0.2) is 0 Å². The standard InChI is InChI=1S/C18H27N3O6/c1-20(2)18(24)17(15(22)23,14-9-10-14)27-16(19,12-21(18)25-3)26-11-13-7-5-4-6-8-13/h4-8,14,24H,9-12,19H2,1-3H3,(H,22,23). The maximum absolute atomic E-state index is 12.4. The van der Waals surface area contributed by atoms with Crippen molar-refractivity contribution in [2.45, 2.75) is 36.8 Å². The molecule has 1 heterocycles. The van der Waals surface area contributed by atoms with Crippen LogP contribution in [0.3, 0.4) is 0 Å². The third kappa shape index (κ3) is 3.25. The zero-order valence-electron chi connectivity index (χ0n) is 15.8. The molecule has 3 unspecified atom stereocenters. The van der Waals surface area contributed by atoms with Gasteiger partial charge in [0.25, 0.3) is 0 Å². The molecule has 1 saturated heterocycles. The molecule has 27 heavy (non-hydrogen) atoms. The lowest BCUT2D eigenvalue weighted by molar-refractivity contribution is -0.473. The molecule has 0 amide bonds. The molecule has 3 atom stereocenters. The molecule has 0 spiro atoms. The Bertz CT molecular complexity index is 685. The van der Waals surface area contributed by atoms with Crippen LogP contribution in [-0.4, -0.2) is 71.3 Å². The first-order valence-corrected chi connectivity index (χ1v) is 8.81. The van der Waals surface area contributed by atoms with E-state index in [1.54, 1.807) is 14.1 Å². The second-order valence-electron chi connectivity index (χ2n) is 7.25. The average molecular weight is 381 g/mol. The summed E-state index contributed by atoms with van der Waals surface area (Å²) in [5.74, 6) is -5.59. The highest BCUT2D eigenvalue weighted by Crippen LogP contribution is 2.53. The van der Waals surface area contributed by atoms with Crippen LogP contribution in [0.25, 0.3) is 0 Å². The number of hydroxylamine groups is 2. The van der Waals surface area contributed by atoms with E-state index >= 15 is 0 Å². The highest BCUT2D eigenvalue weighted by molar-refractivity contribution is 5.80. The number of carboxylic acids is 1. The van der Waals surface area contributed by atoms with Crippen LogP contribution >= 0.6 is 0 Å². The van der Waals surface area contributed by atoms with E-state index in [0.717, 1.165) is 10.6 Å². The number of hydrogen-bond donors (Lipinski definition) is 3. The fourth-order valence-electron chi connectivity index (χ4n) is 3.68. The van der Waals surface area contributed by atoms with Crippen LogP contribution in [0.2, 0.25) is 0 Å². The summed E-state index contributed by atoms with van der Waals surface area (Å²) >= 11 is 0. The topological polar surface area (TPSA) is 118 Å². The highest BCUT2D eigenvalue weighted by atomic mass is 16.8. The number of hydrogen-bond acceptors (Lipinski definition) is 8. The smallest absolute Gasteiger partial charge is 0.342 e. The van der Waals surface area contributed by atoms with Crippen molar-refractivity contribution >= 4 is 5.97 Å². The maximum Gasteiger partial charge on any atom is 0.342 e. The molecule has 1 aromatic rings. The van der Waals surface area contributed by atoms with Crippen LogP contribution in [0, 0.1) is 5.92 Å². The van der Waals surface area contributed by atoms with Gasteiger partial charge in [-0.2, -0.15) is 0 Å².